The van der Waals surface area contributed by atoms with E-state index in [1.54, 1.807) is 38.1 Å². The lowest BCUT2D eigenvalue weighted by atomic mass is 9.85. The standard InChI is InChI=1S/C25H33NO4S/c1-16-10-17(2)15-26(14-16)24(28)13-21(18-6-8-20(31-5)9-7-18)25-22(27)11-19(29-3)12-23(25)30-4/h6-9,11-12,16-17,21,27H,10,13-15H2,1-5H3. The molecule has 0 aromatic heterocycles. The van der Waals surface area contributed by atoms with Crippen LogP contribution in [0, 0.1) is 11.8 Å². The summed E-state index contributed by atoms with van der Waals surface area (Å²) in [4.78, 5) is 16.5. The van der Waals surface area contributed by atoms with Crippen LogP contribution in [-0.4, -0.2) is 49.5 Å². The second-order valence-corrected chi connectivity index (χ2v) is 9.42. The molecule has 1 aliphatic rings. The molecule has 2 aromatic carbocycles. The third-order valence-electron chi connectivity index (χ3n) is 6.02. The van der Waals surface area contributed by atoms with E-state index < -0.39 is 0 Å². The third kappa shape index (κ3) is 5.48. The number of methoxy groups -OCH3 is 2. The first-order valence-electron chi connectivity index (χ1n) is 10.7. The van der Waals surface area contributed by atoms with Gasteiger partial charge in [0.15, 0.2) is 0 Å². The zero-order valence-corrected chi connectivity index (χ0v) is 19.9. The molecule has 168 valence electrons. The highest BCUT2D eigenvalue weighted by molar-refractivity contribution is 7.98. The molecule has 3 rings (SSSR count). The van der Waals surface area contributed by atoms with Crippen molar-refractivity contribution >= 4 is 17.7 Å². The van der Waals surface area contributed by atoms with Crippen LogP contribution in [0.1, 0.15) is 43.7 Å². The van der Waals surface area contributed by atoms with E-state index in [0.717, 1.165) is 30.0 Å². The number of piperidine rings is 1. The van der Waals surface area contributed by atoms with Crippen LogP contribution in [-0.2, 0) is 4.79 Å². The van der Waals surface area contributed by atoms with E-state index >= 15 is 0 Å². The number of thioether (sulfide) groups is 1. The molecule has 31 heavy (non-hydrogen) atoms. The molecule has 3 unspecified atom stereocenters. The zero-order chi connectivity index (χ0) is 22.5. The number of phenolic OH excluding ortho intramolecular Hbond substituents is 1. The fourth-order valence-corrected chi connectivity index (χ4v) is 5.03. The van der Waals surface area contributed by atoms with E-state index in [1.165, 1.54) is 0 Å². The van der Waals surface area contributed by atoms with Gasteiger partial charge in [0.05, 0.1) is 14.2 Å². The molecule has 0 saturated carbocycles. The Morgan fingerprint density at radius 2 is 1.77 bits per heavy atom. The van der Waals surface area contributed by atoms with E-state index in [0.29, 0.717) is 28.9 Å². The van der Waals surface area contributed by atoms with E-state index in [2.05, 4.69) is 26.0 Å². The molecule has 1 fully saturated rings. The Morgan fingerprint density at radius 1 is 1.13 bits per heavy atom. The predicted octanol–water partition coefficient (Wildman–Crippen LogP) is 5.16. The van der Waals surface area contributed by atoms with Crippen LogP contribution in [0.25, 0.3) is 0 Å². The molecule has 0 aliphatic carbocycles. The van der Waals surface area contributed by atoms with Crippen molar-refractivity contribution < 1.29 is 19.4 Å². The maximum atomic E-state index is 13.4. The third-order valence-corrected chi connectivity index (χ3v) is 6.76. The Hall–Kier alpha value is -2.34. The van der Waals surface area contributed by atoms with Gasteiger partial charge >= 0.3 is 0 Å². The topological polar surface area (TPSA) is 59.0 Å². The van der Waals surface area contributed by atoms with E-state index in [4.69, 9.17) is 9.47 Å². The van der Waals surface area contributed by atoms with Gasteiger partial charge in [0, 0.05) is 48.0 Å². The molecular weight excluding hydrogens is 410 g/mol. The van der Waals surface area contributed by atoms with Crippen molar-refractivity contribution in [2.75, 3.05) is 33.6 Å². The average molecular weight is 444 g/mol. The summed E-state index contributed by atoms with van der Waals surface area (Å²) in [6, 6.07) is 11.5. The van der Waals surface area contributed by atoms with Gasteiger partial charge in [-0.05, 0) is 42.2 Å². The van der Waals surface area contributed by atoms with Crippen LogP contribution in [0.2, 0.25) is 0 Å². The van der Waals surface area contributed by atoms with Gasteiger partial charge in [-0.2, -0.15) is 0 Å². The van der Waals surface area contributed by atoms with Gasteiger partial charge in [-0.15, -0.1) is 11.8 Å². The first kappa shape index (κ1) is 23.3. The van der Waals surface area contributed by atoms with E-state index in [9.17, 15) is 9.90 Å². The van der Waals surface area contributed by atoms with Crippen molar-refractivity contribution in [3.8, 4) is 17.2 Å². The number of amides is 1. The number of benzene rings is 2. The van der Waals surface area contributed by atoms with Gasteiger partial charge in [0.2, 0.25) is 5.91 Å². The maximum absolute atomic E-state index is 13.4. The predicted molar refractivity (Wildman–Crippen MR) is 125 cm³/mol. The first-order chi connectivity index (χ1) is 14.9. The quantitative estimate of drug-likeness (QED) is 0.599. The van der Waals surface area contributed by atoms with Crippen molar-refractivity contribution in [2.45, 2.75) is 37.5 Å². The van der Waals surface area contributed by atoms with Crippen LogP contribution in [0.5, 0.6) is 17.2 Å². The van der Waals surface area contributed by atoms with Gasteiger partial charge in [-0.1, -0.05) is 26.0 Å². The van der Waals surface area contributed by atoms with Crippen LogP contribution in [0.4, 0.5) is 0 Å². The summed E-state index contributed by atoms with van der Waals surface area (Å²) in [5.41, 5.74) is 1.59. The monoisotopic (exact) mass is 443 g/mol. The van der Waals surface area contributed by atoms with Crippen molar-refractivity contribution in [1.29, 1.82) is 0 Å². The molecule has 1 aliphatic heterocycles. The number of hydrogen-bond donors (Lipinski definition) is 1. The van der Waals surface area contributed by atoms with Crippen molar-refractivity contribution in [3.05, 3.63) is 47.5 Å². The van der Waals surface area contributed by atoms with Gasteiger partial charge in [-0.25, -0.2) is 0 Å². The average Bonchev–Trinajstić information content (AvgIpc) is 2.76. The molecule has 1 heterocycles. The Bertz CT molecular complexity index is 889. The fraction of sp³-hybridized carbons (Fsp3) is 0.480. The summed E-state index contributed by atoms with van der Waals surface area (Å²) < 4.78 is 10.9. The molecule has 0 bridgehead atoms. The number of carbonyl (C=O) groups excluding carboxylic acids is 1. The van der Waals surface area contributed by atoms with Gasteiger partial charge < -0.3 is 19.5 Å². The summed E-state index contributed by atoms with van der Waals surface area (Å²) in [6.07, 6.45) is 3.46. The Balaban J connectivity index is 2.00. The first-order valence-corrected chi connectivity index (χ1v) is 11.9. The molecule has 2 aromatic rings. The van der Waals surface area contributed by atoms with Gasteiger partial charge in [-0.3, -0.25) is 4.79 Å². The minimum absolute atomic E-state index is 0.0725. The number of rotatable bonds is 7. The summed E-state index contributed by atoms with van der Waals surface area (Å²) in [5, 5.41) is 10.9. The van der Waals surface area contributed by atoms with Crippen LogP contribution in [0.15, 0.2) is 41.3 Å². The number of hydrogen-bond acceptors (Lipinski definition) is 5. The number of likely N-dealkylation sites (tertiary alicyclic amines) is 1. The van der Waals surface area contributed by atoms with Crippen LogP contribution < -0.4 is 9.47 Å². The summed E-state index contributed by atoms with van der Waals surface area (Å²) in [6.45, 7) is 5.97. The summed E-state index contributed by atoms with van der Waals surface area (Å²) in [7, 11) is 3.12. The lowest BCUT2D eigenvalue weighted by molar-refractivity contribution is -0.134. The molecule has 0 radical (unpaired) electrons. The molecule has 1 saturated heterocycles. The second-order valence-electron chi connectivity index (χ2n) is 8.54. The highest BCUT2D eigenvalue weighted by Crippen LogP contribution is 2.43. The second kappa shape index (κ2) is 10.3. The molecule has 1 N–H and O–H groups in total. The molecule has 1 amide bonds. The largest absolute Gasteiger partial charge is 0.507 e. The van der Waals surface area contributed by atoms with Crippen molar-refractivity contribution in [1.82, 2.24) is 4.90 Å². The molecule has 0 spiro atoms. The van der Waals surface area contributed by atoms with E-state index in [1.807, 2.05) is 23.3 Å². The molecule has 6 heteroatoms. The van der Waals surface area contributed by atoms with Crippen LogP contribution in [0.3, 0.4) is 0 Å². The SMILES string of the molecule is COc1cc(O)c(C(CC(=O)N2CC(C)CC(C)C2)c2ccc(SC)cc2)c(OC)c1. The Kier molecular flexibility index (Phi) is 7.76. The molecular formula is C25H33NO4S. The smallest absolute Gasteiger partial charge is 0.223 e. The van der Waals surface area contributed by atoms with E-state index in [-0.39, 0.29) is 24.0 Å². The highest BCUT2D eigenvalue weighted by atomic mass is 32.2. The van der Waals surface area contributed by atoms with Gasteiger partial charge in [0.25, 0.3) is 0 Å². The maximum Gasteiger partial charge on any atom is 0.223 e. The summed E-state index contributed by atoms with van der Waals surface area (Å²) in [5.74, 6) is 1.88. The fourth-order valence-electron chi connectivity index (χ4n) is 4.62. The lowest BCUT2D eigenvalue weighted by Crippen LogP contribution is -2.43. The Morgan fingerprint density at radius 3 is 2.32 bits per heavy atom. The van der Waals surface area contributed by atoms with Gasteiger partial charge in [0.1, 0.15) is 17.2 Å². The van der Waals surface area contributed by atoms with Crippen molar-refractivity contribution in [3.63, 3.8) is 0 Å². The summed E-state index contributed by atoms with van der Waals surface area (Å²) >= 11 is 1.67. The van der Waals surface area contributed by atoms with Crippen LogP contribution >= 0.6 is 11.8 Å². The van der Waals surface area contributed by atoms with Crippen molar-refractivity contribution in [2.24, 2.45) is 11.8 Å². The minimum atomic E-state index is -0.322. The lowest BCUT2D eigenvalue weighted by Gasteiger charge is -2.36. The Labute approximate surface area is 189 Å². The number of ether oxygens (including phenoxy) is 2. The normalized spacial score (nSPS) is 19.7. The zero-order valence-electron chi connectivity index (χ0n) is 19.1. The number of carbonyl (C=O) groups is 1. The minimum Gasteiger partial charge on any atom is -0.507 e. The number of phenols is 1. The molecule has 5 nitrogen and oxygen atoms in total. The number of nitrogens with zero attached hydrogens (tertiary/aromatic N) is 1. The molecule has 3 atom stereocenters. The highest BCUT2D eigenvalue weighted by Gasteiger charge is 2.30. The number of aromatic hydroxyl groups is 1.